The molecular formula is C16H18ClN3. The van der Waals surface area contributed by atoms with Gasteiger partial charge in [0.2, 0.25) is 0 Å². The van der Waals surface area contributed by atoms with Gasteiger partial charge in [-0.3, -0.25) is 0 Å². The average Bonchev–Trinajstić information content (AvgIpc) is 2.77. The molecule has 2 aromatic rings. The normalized spacial score (nSPS) is 10.9. The van der Waals surface area contributed by atoms with Crippen molar-refractivity contribution in [3.63, 3.8) is 0 Å². The molecule has 3 nitrogen and oxygen atoms in total. The summed E-state index contributed by atoms with van der Waals surface area (Å²) in [5.74, 6) is 0. The molecule has 1 aromatic carbocycles. The van der Waals surface area contributed by atoms with Crippen molar-refractivity contribution in [1.29, 1.82) is 0 Å². The molecule has 1 heterocycles. The van der Waals surface area contributed by atoms with E-state index < -0.39 is 0 Å². The zero-order chi connectivity index (χ0) is 14.7. The van der Waals surface area contributed by atoms with E-state index >= 15 is 0 Å². The Kier molecular flexibility index (Phi) is 4.20. The van der Waals surface area contributed by atoms with Crippen molar-refractivity contribution in [2.45, 2.75) is 6.92 Å². The lowest BCUT2D eigenvalue weighted by Gasteiger charge is -2.13. The number of nitrogens with zero attached hydrogens (tertiary/aromatic N) is 1. The van der Waals surface area contributed by atoms with E-state index in [4.69, 9.17) is 17.3 Å². The lowest BCUT2D eigenvalue weighted by molar-refractivity contribution is 1.06. The Morgan fingerprint density at radius 3 is 2.80 bits per heavy atom. The summed E-state index contributed by atoms with van der Waals surface area (Å²) in [5.41, 5.74) is 10.3. The van der Waals surface area contributed by atoms with Gasteiger partial charge in [0.05, 0.1) is 11.4 Å². The zero-order valence-electron chi connectivity index (χ0n) is 11.7. The Balaban J connectivity index is 2.59. The minimum absolute atomic E-state index is 0.525. The van der Waals surface area contributed by atoms with Crippen LogP contribution in [0, 0.1) is 6.92 Å². The van der Waals surface area contributed by atoms with Crippen molar-refractivity contribution in [1.82, 2.24) is 4.57 Å². The van der Waals surface area contributed by atoms with Crippen LogP contribution < -0.4 is 11.1 Å². The molecule has 104 valence electrons. The third kappa shape index (κ3) is 2.89. The van der Waals surface area contributed by atoms with Gasteiger partial charge in [-0.2, -0.15) is 0 Å². The van der Waals surface area contributed by atoms with E-state index in [0.29, 0.717) is 10.7 Å². The first-order valence-electron chi connectivity index (χ1n) is 6.31. The summed E-state index contributed by atoms with van der Waals surface area (Å²) in [7, 11) is 1.89. The first kappa shape index (κ1) is 14.3. The summed E-state index contributed by atoms with van der Waals surface area (Å²) >= 11 is 6.12. The molecule has 2 rings (SSSR count). The molecule has 0 saturated carbocycles. The van der Waals surface area contributed by atoms with Crippen molar-refractivity contribution in [3.8, 4) is 5.69 Å². The first-order chi connectivity index (χ1) is 9.52. The maximum atomic E-state index is 6.12. The summed E-state index contributed by atoms with van der Waals surface area (Å²) in [4.78, 5) is 0. The quantitative estimate of drug-likeness (QED) is 0.836. The van der Waals surface area contributed by atoms with Crippen molar-refractivity contribution < 1.29 is 0 Å². The second-order valence-corrected chi connectivity index (χ2v) is 5.01. The maximum absolute atomic E-state index is 6.12. The second-order valence-electron chi connectivity index (χ2n) is 4.57. The molecule has 4 heteroatoms. The Morgan fingerprint density at radius 2 is 2.15 bits per heavy atom. The fourth-order valence-corrected chi connectivity index (χ4v) is 2.23. The lowest BCUT2D eigenvalue weighted by atomic mass is 10.2. The summed E-state index contributed by atoms with van der Waals surface area (Å²) < 4.78 is 2.08. The molecule has 0 saturated heterocycles. The van der Waals surface area contributed by atoms with Crippen molar-refractivity contribution >= 4 is 23.4 Å². The Morgan fingerprint density at radius 1 is 1.40 bits per heavy atom. The Bertz CT molecular complexity index is 668. The molecule has 0 aliphatic rings. The van der Waals surface area contributed by atoms with E-state index in [0.717, 1.165) is 22.6 Å². The van der Waals surface area contributed by atoms with Gasteiger partial charge in [0.15, 0.2) is 0 Å². The predicted octanol–water partition coefficient (Wildman–Crippen LogP) is 3.97. The average molecular weight is 288 g/mol. The molecule has 20 heavy (non-hydrogen) atoms. The molecule has 0 atom stereocenters. The highest BCUT2D eigenvalue weighted by Gasteiger charge is 2.09. The highest BCUT2D eigenvalue weighted by molar-refractivity contribution is 6.30. The number of benzene rings is 1. The third-order valence-electron chi connectivity index (χ3n) is 3.08. The summed E-state index contributed by atoms with van der Waals surface area (Å²) in [5, 5.41) is 3.87. The van der Waals surface area contributed by atoms with Gasteiger partial charge in [-0.1, -0.05) is 18.2 Å². The molecule has 0 radical (unpaired) electrons. The van der Waals surface area contributed by atoms with E-state index in [1.807, 2.05) is 37.5 Å². The highest BCUT2D eigenvalue weighted by Crippen LogP contribution is 2.27. The van der Waals surface area contributed by atoms with Gasteiger partial charge < -0.3 is 15.6 Å². The Hall–Kier alpha value is -2.13. The van der Waals surface area contributed by atoms with Gasteiger partial charge in [0, 0.05) is 29.7 Å². The fraction of sp³-hybridized carbons (Fsp3) is 0.125. The summed E-state index contributed by atoms with van der Waals surface area (Å²) in [6.45, 7) is 5.74. The fourth-order valence-electron chi connectivity index (χ4n) is 2.07. The number of aromatic nitrogens is 1. The largest absolute Gasteiger partial charge is 0.399 e. The molecule has 0 fully saturated rings. The number of rotatable bonds is 4. The van der Waals surface area contributed by atoms with Crippen LogP contribution in [0.25, 0.3) is 11.8 Å². The number of nitrogens with one attached hydrogen (secondary N) is 1. The predicted molar refractivity (Wildman–Crippen MR) is 87.4 cm³/mol. The van der Waals surface area contributed by atoms with Crippen molar-refractivity contribution in [2.24, 2.45) is 5.73 Å². The maximum Gasteiger partial charge on any atom is 0.0702 e. The molecule has 0 aliphatic carbocycles. The number of hydrogen-bond donors (Lipinski definition) is 2. The summed E-state index contributed by atoms with van der Waals surface area (Å²) in [6.07, 6.45) is 5.77. The highest BCUT2D eigenvalue weighted by atomic mass is 35.5. The SMILES string of the molecule is C=C(N)/C=C\c1c(C)ccn1-c1cc(Cl)ccc1NC. The van der Waals surface area contributed by atoms with Gasteiger partial charge in [-0.05, 0) is 48.9 Å². The molecule has 0 unspecified atom stereocenters. The number of aryl methyl sites for hydroxylation is 1. The number of allylic oxidation sites excluding steroid dienone is 1. The van der Waals surface area contributed by atoms with Crippen LogP contribution in [-0.4, -0.2) is 11.6 Å². The molecular weight excluding hydrogens is 270 g/mol. The van der Waals surface area contributed by atoms with Gasteiger partial charge in [0.1, 0.15) is 0 Å². The summed E-state index contributed by atoms with van der Waals surface area (Å²) in [6, 6.07) is 7.81. The van der Waals surface area contributed by atoms with E-state index in [1.165, 1.54) is 0 Å². The molecule has 0 spiro atoms. The standard InChI is InChI=1S/C16H18ClN3/c1-11-8-9-20(15(11)7-4-12(2)18)16-10-13(17)5-6-14(16)19-3/h4-10,19H,2,18H2,1,3H3/b7-4-. The molecule has 3 N–H and O–H groups in total. The van der Waals surface area contributed by atoms with E-state index in [2.05, 4.69) is 29.5 Å². The van der Waals surface area contributed by atoms with Gasteiger partial charge >= 0.3 is 0 Å². The number of hydrogen-bond acceptors (Lipinski definition) is 2. The first-order valence-corrected chi connectivity index (χ1v) is 6.69. The molecule has 1 aromatic heterocycles. The van der Waals surface area contributed by atoms with Gasteiger partial charge in [0.25, 0.3) is 0 Å². The van der Waals surface area contributed by atoms with E-state index in [9.17, 15) is 0 Å². The zero-order valence-corrected chi connectivity index (χ0v) is 12.4. The van der Waals surface area contributed by atoms with Crippen molar-refractivity contribution in [2.75, 3.05) is 12.4 Å². The third-order valence-corrected chi connectivity index (χ3v) is 3.32. The molecule has 0 amide bonds. The number of anilines is 1. The van der Waals surface area contributed by atoms with Crippen LogP contribution in [0.5, 0.6) is 0 Å². The monoisotopic (exact) mass is 287 g/mol. The van der Waals surface area contributed by atoms with Crippen LogP contribution in [0.1, 0.15) is 11.3 Å². The Labute approximate surface area is 124 Å². The topological polar surface area (TPSA) is 43.0 Å². The van der Waals surface area contributed by atoms with Crippen molar-refractivity contribution in [3.05, 3.63) is 65.1 Å². The smallest absolute Gasteiger partial charge is 0.0702 e. The van der Waals surface area contributed by atoms with Crippen LogP contribution in [0.2, 0.25) is 5.02 Å². The van der Waals surface area contributed by atoms with Crippen LogP contribution in [0.4, 0.5) is 5.69 Å². The number of halogens is 1. The second kappa shape index (κ2) is 5.88. The van der Waals surface area contributed by atoms with Crippen LogP contribution in [0.15, 0.2) is 48.8 Å². The van der Waals surface area contributed by atoms with Crippen LogP contribution in [-0.2, 0) is 0 Å². The van der Waals surface area contributed by atoms with Crippen LogP contribution in [0.3, 0.4) is 0 Å². The minimum Gasteiger partial charge on any atom is -0.399 e. The lowest BCUT2D eigenvalue weighted by Crippen LogP contribution is -2.01. The van der Waals surface area contributed by atoms with E-state index in [-0.39, 0.29) is 0 Å². The molecule has 0 aliphatic heterocycles. The van der Waals surface area contributed by atoms with Gasteiger partial charge in [-0.15, -0.1) is 0 Å². The molecule has 0 bridgehead atoms. The van der Waals surface area contributed by atoms with Gasteiger partial charge in [-0.25, -0.2) is 0 Å². The van der Waals surface area contributed by atoms with Crippen LogP contribution >= 0.6 is 11.6 Å². The minimum atomic E-state index is 0.525. The van der Waals surface area contributed by atoms with E-state index in [1.54, 1.807) is 6.08 Å². The number of nitrogens with two attached hydrogens (primary N) is 1.